The Bertz CT molecular complexity index is 969. The summed E-state index contributed by atoms with van der Waals surface area (Å²) in [5.41, 5.74) is -0.406. The number of rotatable bonds is 5. The summed E-state index contributed by atoms with van der Waals surface area (Å²) < 4.78 is 63.9. The van der Waals surface area contributed by atoms with Crippen molar-refractivity contribution >= 4 is 32.4 Å². The molecule has 1 aromatic carbocycles. The van der Waals surface area contributed by atoms with Gasteiger partial charge in [0.1, 0.15) is 0 Å². The fraction of sp³-hybridized carbons (Fsp3) is 0.471. The van der Waals surface area contributed by atoms with Crippen LogP contribution in [0.4, 0.5) is 18.3 Å². The predicted molar refractivity (Wildman–Crippen MR) is 102 cm³/mol. The van der Waals surface area contributed by atoms with E-state index in [1.54, 1.807) is 37.3 Å². The van der Waals surface area contributed by atoms with Crippen LogP contribution < -0.4 is 5.32 Å². The number of nitrogens with one attached hydrogen (secondary N) is 1. The summed E-state index contributed by atoms with van der Waals surface area (Å²) >= 11 is 0.249. The van der Waals surface area contributed by atoms with Crippen LogP contribution >= 0.6 is 11.3 Å². The van der Waals surface area contributed by atoms with Gasteiger partial charge in [-0.25, -0.2) is 12.7 Å². The first-order valence-corrected chi connectivity index (χ1v) is 11.3. The van der Waals surface area contributed by atoms with E-state index in [-0.39, 0.29) is 48.2 Å². The van der Waals surface area contributed by atoms with E-state index in [1.165, 1.54) is 4.31 Å². The monoisotopic (exact) mass is 448 g/mol. The highest BCUT2D eigenvalue weighted by atomic mass is 32.2. The molecule has 1 saturated heterocycles. The van der Waals surface area contributed by atoms with Crippen molar-refractivity contribution in [2.75, 3.05) is 24.2 Å². The van der Waals surface area contributed by atoms with Gasteiger partial charge in [-0.15, -0.1) is 10.2 Å². The van der Waals surface area contributed by atoms with Gasteiger partial charge in [0, 0.05) is 13.1 Å². The molecular weight excluding hydrogens is 429 g/mol. The molecule has 1 aliphatic heterocycles. The Balaban J connectivity index is 1.87. The third-order valence-corrected chi connectivity index (χ3v) is 7.75. The SMILES string of the molecule is CCS(=O)(=O)N1CCC(C(=O)Nc2nnc(C(F)(F)F)s2)(c2ccccc2)CC1. The van der Waals surface area contributed by atoms with Gasteiger partial charge in [0.2, 0.25) is 26.1 Å². The summed E-state index contributed by atoms with van der Waals surface area (Å²) in [5.74, 6) is -0.565. The lowest BCUT2D eigenvalue weighted by Crippen LogP contribution is -2.51. The Labute approximate surface area is 170 Å². The van der Waals surface area contributed by atoms with Crippen LogP contribution in [0.25, 0.3) is 0 Å². The molecule has 1 aliphatic rings. The number of aromatic nitrogens is 2. The van der Waals surface area contributed by atoms with Crippen molar-refractivity contribution in [3.05, 3.63) is 40.9 Å². The third-order valence-electron chi connectivity index (χ3n) is 4.98. The molecule has 0 radical (unpaired) electrons. The average Bonchev–Trinajstić information content (AvgIpc) is 3.17. The first-order chi connectivity index (χ1) is 13.6. The molecule has 0 atom stereocenters. The number of hydrogen-bond acceptors (Lipinski definition) is 6. The molecular formula is C17H19F3N4O3S2. The van der Waals surface area contributed by atoms with Gasteiger partial charge < -0.3 is 0 Å². The number of halogens is 3. The van der Waals surface area contributed by atoms with Crippen molar-refractivity contribution in [2.45, 2.75) is 31.4 Å². The molecule has 0 spiro atoms. The van der Waals surface area contributed by atoms with Crippen LogP contribution in [0, 0.1) is 0 Å². The van der Waals surface area contributed by atoms with E-state index in [0.29, 0.717) is 5.56 Å². The highest BCUT2D eigenvalue weighted by Crippen LogP contribution is 2.39. The molecule has 2 aromatic rings. The molecule has 0 bridgehead atoms. The summed E-state index contributed by atoms with van der Waals surface area (Å²) in [6, 6.07) is 8.81. The van der Waals surface area contributed by atoms with Gasteiger partial charge in [0.25, 0.3) is 0 Å². The Hall–Kier alpha value is -2.05. The first-order valence-electron chi connectivity index (χ1n) is 8.84. The molecule has 1 fully saturated rings. The van der Waals surface area contributed by atoms with Gasteiger partial charge in [0.05, 0.1) is 11.2 Å². The van der Waals surface area contributed by atoms with E-state index in [1.807, 2.05) is 0 Å². The van der Waals surface area contributed by atoms with Crippen molar-refractivity contribution < 1.29 is 26.4 Å². The van der Waals surface area contributed by atoms with E-state index >= 15 is 0 Å². The molecule has 158 valence electrons. The Morgan fingerprint density at radius 2 is 1.83 bits per heavy atom. The minimum Gasteiger partial charge on any atom is -0.300 e. The summed E-state index contributed by atoms with van der Waals surface area (Å²) in [6.07, 6.45) is -4.24. The number of sulfonamides is 1. The lowest BCUT2D eigenvalue weighted by molar-refractivity contribution is -0.138. The van der Waals surface area contributed by atoms with Gasteiger partial charge in [-0.1, -0.05) is 41.7 Å². The van der Waals surface area contributed by atoms with Crippen LogP contribution in [-0.2, 0) is 26.4 Å². The number of amides is 1. The van der Waals surface area contributed by atoms with Crippen molar-refractivity contribution in [1.29, 1.82) is 0 Å². The van der Waals surface area contributed by atoms with Gasteiger partial charge in [-0.05, 0) is 25.3 Å². The average molecular weight is 448 g/mol. The van der Waals surface area contributed by atoms with E-state index in [0.717, 1.165) is 0 Å². The number of piperidine rings is 1. The minimum atomic E-state index is -4.64. The zero-order valence-corrected chi connectivity index (χ0v) is 17.1. The molecule has 1 N–H and O–H groups in total. The van der Waals surface area contributed by atoms with E-state index in [2.05, 4.69) is 15.5 Å². The van der Waals surface area contributed by atoms with Crippen molar-refractivity contribution in [3.63, 3.8) is 0 Å². The largest absolute Gasteiger partial charge is 0.445 e. The van der Waals surface area contributed by atoms with Crippen LogP contribution in [-0.4, -0.2) is 47.7 Å². The van der Waals surface area contributed by atoms with Crippen LogP contribution in [0.1, 0.15) is 30.3 Å². The van der Waals surface area contributed by atoms with Crippen LogP contribution in [0.3, 0.4) is 0 Å². The van der Waals surface area contributed by atoms with Crippen LogP contribution in [0.15, 0.2) is 30.3 Å². The number of hydrogen-bond donors (Lipinski definition) is 1. The summed E-state index contributed by atoms with van der Waals surface area (Å²) in [7, 11) is -3.39. The second-order valence-corrected chi connectivity index (χ2v) is 9.85. The topological polar surface area (TPSA) is 92.3 Å². The third kappa shape index (κ3) is 4.43. The molecule has 0 saturated carbocycles. The second-order valence-electron chi connectivity index (χ2n) is 6.61. The molecule has 2 heterocycles. The maximum absolute atomic E-state index is 13.2. The Kier molecular flexibility index (Phi) is 5.97. The van der Waals surface area contributed by atoms with E-state index < -0.39 is 32.5 Å². The fourth-order valence-electron chi connectivity index (χ4n) is 3.34. The van der Waals surface area contributed by atoms with Crippen molar-refractivity contribution in [1.82, 2.24) is 14.5 Å². The van der Waals surface area contributed by atoms with Crippen LogP contribution in [0.5, 0.6) is 0 Å². The zero-order valence-electron chi connectivity index (χ0n) is 15.4. The van der Waals surface area contributed by atoms with E-state index in [4.69, 9.17) is 0 Å². The van der Waals surface area contributed by atoms with Crippen molar-refractivity contribution in [2.24, 2.45) is 0 Å². The molecule has 1 aromatic heterocycles. The summed E-state index contributed by atoms with van der Waals surface area (Å²) in [4.78, 5) is 13.2. The summed E-state index contributed by atoms with van der Waals surface area (Å²) in [5, 5.41) is 7.55. The standard InChI is InChI=1S/C17H19F3N4O3S2/c1-2-29(26,27)24-10-8-16(9-11-24,12-6-4-3-5-7-12)13(25)21-15-23-22-14(28-15)17(18,19)20/h3-7H,2,8-11H2,1H3,(H,21,23,25). The van der Waals surface area contributed by atoms with E-state index in [9.17, 15) is 26.4 Å². The molecule has 7 nitrogen and oxygen atoms in total. The molecule has 12 heteroatoms. The lowest BCUT2D eigenvalue weighted by atomic mass is 9.72. The van der Waals surface area contributed by atoms with Gasteiger partial charge in [-0.3, -0.25) is 10.1 Å². The van der Waals surface area contributed by atoms with Crippen LogP contribution in [0.2, 0.25) is 0 Å². The zero-order chi connectivity index (χ0) is 21.3. The highest BCUT2D eigenvalue weighted by Gasteiger charge is 2.45. The number of alkyl halides is 3. The first kappa shape index (κ1) is 21.7. The normalized spacial score (nSPS) is 17.8. The fourth-order valence-corrected chi connectivity index (χ4v) is 5.05. The quantitative estimate of drug-likeness (QED) is 0.759. The number of carbonyl (C=O) groups is 1. The number of anilines is 1. The lowest BCUT2D eigenvalue weighted by Gasteiger charge is -2.40. The predicted octanol–water partition coefficient (Wildman–Crippen LogP) is 2.88. The molecule has 0 unspecified atom stereocenters. The Morgan fingerprint density at radius 1 is 1.21 bits per heavy atom. The number of carbonyl (C=O) groups excluding carboxylic acids is 1. The smallest absolute Gasteiger partial charge is 0.300 e. The van der Waals surface area contributed by atoms with Crippen molar-refractivity contribution in [3.8, 4) is 0 Å². The maximum atomic E-state index is 13.2. The molecule has 29 heavy (non-hydrogen) atoms. The Morgan fingerprint density at radius 3 is 2.34 bits per heavy atom. The minimum absolute atomic E-state index is 0.0391. The van der Waals surface area contributed by atoms with Gasteiger partial charge in [0.15, 0.2) is 0 Å². The van der Waals surface area contributed by atoms with Gasteiger partial charge in [-0.2, -0.15) is 13.2 Å². The summed E-state index contributed by atoms with van der Waals surface area (Å²) in [6.45, 7) is 1.83. The molecule has 1 amide bonds. The maximum Gasteiger partial charge on any atom is 0.445 e. The second kappa shape index (κ2) is 8.00. The number of nitrogens with zero attached hydrogens (tertiary/aromatic N) is 3. The molecule has 0 aliphatic carbocycles. The highest BCUT2D eigenvalue weighted by molar-refractivity contribution is 7.89. The van der Waals surface area contributed by atoms with Gasteiger partial charge >= 0.3 is 6.18 Å². The number of benzene rings is 1. The molecule has 3 rings (SSSR count).